The number of amides is 2. The summed E-state index contributed by atoms with van der Waals surface area (Å²) in [5, 5.41) is 3.10. The normalized spacial score (nSPS) is 33.2. The van der Waals surface area contributed by atoms with Crippen molar-refractivity contribution < 1.29 is 9.59 Å². The van der Waals surface area contributed by atoms with Crippen molar-refractivity contribution in [2.75, 3.05) is 11.9 Å². The molecule has 0 unspecified atom stereocenters. The van der Waals surface area contributed by atoms with E-state index in [0.29, 0.717) is 12.5 Å². The molecule has 5 aliphatic rings. The minimum Gasteiger partial charge on any atom is -0.330 e. The Kier molecular flexibility index (Phi) is 4.81. The van der Waals surface area contributed by atoms with E-state index in [0.717, 1.165) is 73.9 Å². The minimum atomic E-state index is -0.370. The molecule has 1 aliphatic heterocycles. The van der Waals surface area contributed by atoms with E-state index in [1.54, 1.807) is 0 Å². The monoisotopic (exact) mass is 434 g/mol. The number of imidazole rings is 1. The second-order valence-electron chi connectivity index (χ2n) is 10.9. The maximum atomic E-state index is 13.9. The molecule has 0 spiro atoms. The number of carbonyl (C=O) groups excluding carboxylic acids is 2. The molecule has 1 aromatic heterocycles. The molecule has 7 rings (SSSR count). The summed E-state index contributed by atoms with van der Waals surface area (Å²) in [5.74, 6) is 2.99. The Morgan fingerprint density at radius 3 is 2.47 bits per heavy atom. The fraction of sp³-hybridized carbons (Fsp3) is 0.654. The van der Waals surface area contributed by atoms with Crippen LogP contribution in [0.25, 0.3) is 11.0 Å². The molecule has 1 saturated heterocycles. The predicted octanol–water partition coefficient (Wildman–Crippen LogP) is 4.59. The third-order valence-corrected chi connectivity index (χ3v) is 8.64. The standard InChI is InChI=1S/C26H34N4O2/c1-2-9-30-21-7-4-3-6-20(21)27-25(30)28-23(31)22-8-5-10-29(22)24(32)26-14-17-11-18(15-26)13-19(12-17)16-26/h3-4,6-7,17-19,22H,2,5,8-16H2,1H3,(H,27,28,31)/t17?,18?,19?,22-,26?/m1/s1. The van der Waals surface area contributed by atoms with E-state index in [1.807, 2.05) is 29.2 Å². The molecule has 4 saturated carbocycles. The van der Waals surface area contributed by atoms with Crippen LogP contribution in [0.3, 0.4) is 0 Å². The van der Waals surface area contributed by atoms with Gasteiger partial charge in [-0.3, -0.25) is 14.9 Å². The zero-order valence-corrected chi connectivity index (χ0v) is 19.1. The van der Waals surface area contributed by atoms with E-state index in [9.17, 15) is 9.59 Å². The van der Waals surface area contributed by atoms with E-state index in [1.165, 1.54) is 19.3 Å². The predicted molar refractivity (Wildman–Crippen MR) is 124 cm³/mol. The van der Waals surface area contributed by atoms with Gasteiger partial charge < -0.3 is 9.47 Å². The summed E-state index contributed by atoms with van der Waals surface area (Å²) in [6.45, 7) is 3.64. The van der Waals surface area contributed by atoms with Gasteiger partial charge >= 0.3 is 0 Å². The van der Waals surface area contributed by atoms with Gasteiger partial charge in [-0.2, -0.15) is 0 Å². The number of carbonyl (C=O) groups is 2. The lowest BCUT2D eigenvalue weighted by Gasteiger charge is -2.56. The number of hydrogen-bond donors (Lipinski definition) is 1. The first-order valence-corrected chi connectivity index (χ1v) is 12.6. The minimum absolute atomic E-state index is 0.0757. The molecule has 32 heavy (non-hydrogen) atoms. The number of para-hydroxylation sites is 2. The van der Waals surface area contributed by atoms with Gasteiger partial charge in [0.05, 0.1) is 16.4 Å². The van der Waals surface area contributed by atoms with Gasteiger partial charge in [-0.25, -0.2) is 4.98 Å². The average Bonchev–Trinajstić information content (AvgIpc) is 3.38. The van der Waals surface area contributed by atoms with Crippen LogP contribution < -0.4 is 5.32 Å². The Bertz CT molecular complexity index is 1020. The molecule has 4 aliphatic carbocycles. The third kappa shape index (κ3) is 3.17. The van der Waals surface area contributed by atoms with Crippen LogP contribution in [0.2, 0.25) is 0 Å². The van der Waals surface area contributed by atoms with Crippen molar-refractivity contribution in [1.29, 1.82) is 0 Å². The van der Waals surface area contributed by atoms with Crippen molar-refractivity contribution in [3.05, 3.63) is 24.3 Å². The fourth-order valence-corrected chi connectivity index (χ4v) is 7.77. The van der Waals surface area contributed by atoms with Crippen LogP contribution in [-0.2, 0) is 16.1 Å². The highest BCUT2D eigenvalue weighted by Crippen LogP contribution is 2.60. The molecule has 4 bridgehead atoms. The highest BCUT2D eigenvalue weighted by molar-refractivity contribution is 5.98. The zero-order valence-electron chi connectivity index (χ0n) is 19.1. The van der Waals surface area contributed by atoms with Crippen LogP contribution in [0, 0.1) is 23.2 Å². The average molecular weight is 435 g/mol. The largest absolute Gasteiger partial charge is 0.330 e. The van der Waals surface area contributed by atoms with Gasteiger partial charge in [-0.15, -0.1) is 0 Å². The number of aromatic nitrogens is 2. The third-order valence-electron chi connectivity index (χ3n) is 8.64. The van der Waals surface area contributed by atoms with Gasteiger partial charge in [0.15, 0.2) is 0 Å². The highest BCUT2D eigenvalue weighted by atomic mass is 16.2. The highest BCUT2D eigenvalue weighted by Gasteiger charge is 2.56. The molecule has 5 fully saturated rings. The first-order chi connectivity index (χ1) is 15.6. The van der Waals surface area contributed by atoms with E-state index in [-0.39, 0.29) is 23.3 Å². The lowest BCUT2D eigenvalue weighted by atomic mass is 9.49. The first kappa shape index (κ1) is 20.3. The number of anilines is 1. The van der Waals surface area contributed by atoms with Gasteiger partial charge in [0, 0.05) is 13.1 Å². The number of rotatable bonds is 5. The van der Waals surface area contributed by atoms with Gasteiger partial charge in [0.1, 0.15) is 6.04 Å². The Morgan fingerprint density at radius 1 is 1.09 bits per heavy atom. The summed E-state index contributed by atoms with van der Waals surface area (Å²) in [7, 11) is 0. The smallest absolute Gasteiger partial charge is 0.249 e. The summed E-state index contributed by atoms with van der Waals surface area (Å²) in [5.41, 5.74) is 1.74. The Hall–Kier alpha value is -2.37. The molecule has 2 amide bonds. The van der Waals surface area contributed by atoms with E-state index < -0.39 is 0 Å². The van der Waals surface area contributed by atoms with E-state index in [2.05, 4.69) is 16.8 Å². The van der Waals surface area contributed by atoms with Gasteiger partial charge in [-0.05, 0) is 87.7 Å². The molecular formula is C26H34N4O2. The Labute approximate surface area is 189 Å². The van der Waals surface area contributed by atoms with Crippen LogP contribution in [-0.4, -0.2) is 38.9 Å². The molecule has 6 heteroatoms. The number of benzene rings is 1. The van der Waals surface area contributed by atoms with Gasteiger partial charge in [-0.1, -0.05) is 19.1 Å². The molecule has 2 aromatic rings. The topological polar surface area (TPSA) is 67.2 Å². The number of fused-ring (bicyclic) bond motifs is 1. The molecule has 2 heterocycles. The summed E-state index contributed by atoms with van der Waals surface area (Å²) < 4.78 is 2.09. The fourth-order valence-electron chi connectivity index (χ4n) is 7.77. The van der Waals surface area contributed by atoms with Crippen LogP contribution in [0.1, 0.15) is 64.7 Å². The van der Waals surface area contributed by atoms with Crippen LogP contribution >= 0.6 is 0 Å². The van der Waals surface area contributed by atoms with Crippen LogP contribution in [0.4, 0.5) is 5.95 Å². The quantitative estimate of drug-likeness (QED) is 0.748. The van der Waals surface area contributed by atoms with Gasteiger partial charge in [0.25, 0.3) is 0 Å². The number of hydrogen-bond acceptors (Lipinski definition) is 3. The number of likely N-dealkylation sites (tertiary alicyclic amines) is 1. The van der Waals surface area contributed by atoms with Crippen LogP contribution in [0.15, 0.2) is 24.3 Å². The van der Waals surface area contributed by atoms with Crippen molar-refractivity contribution in [1.82, 2.24) is 14.5 Å². The van der Waals surface area contributed by atoms with E-state index >= 15 is 0 Å². The van der Waals surface area contributed by atoms with Crippen molar-refractivity contribution in [3.63, 3.8) is 0 Å². The maximum Gasteiger partial charge on any atom is 0.249 e. The first-order valence-electron chi connectivity index (χ1n) is 12.6. The lowest BCUT2D eigenvalue weighted by Crippen LogP contribution is -2.56. The van der Waals surface area contributed by atoms with Crippen molar-refractivity contribution in [2.45, 2.75) is 77.3 Å². The SMILES string of the molecule is CCCn1c(NC(=O)[C@H]2CCCN2C(=O)C23CC4CC(CC(C4)C2)C3)nc2ccccc21. The van der Waals surface area contributed by atoms with Crippen LogP contribution in [0.5, 0.6) is 0 Å². The molecule has 6 nitrogen and oxygen atoms in total. The van der Waals surface area contributed by atoms with Crippen molar-refractivity contribution in [2.24, 2.45) is 23.2 Å². The molecule has 1 aromatic carbocycles. The molecule has 0 radical (unpaired) electrons. The van der Waals surface area contributed by atoms with E-state index in [4.69, 9.17) is 4.98 Å². The van der Waals surface area contributed by atoms with Gasteiger partial charge in [0.2, 0.25) is 17.8 Å². The second kappa shape index (κ2) is 7.60. The maximum absolute atomic E-state index is 13.9. The second-order valence-corrected chi connectivity index (χ2v) is 10.9. The zero-order chi connectivity index (χ0) is 21.9. The van der Waals surface area contributed by atoms with Crippen molar-refractivity contribution >= 4 is 28.8 Å². The molecular weight excluding hydrogens is 400 g/mol. The number of aryl methyl sites for hydroxylation is 1. The Balaban J connectivity index is 1.24. The summed E-state index contributed by atoms with van der Waals surface area (Å²) in [6.07, 6.45) is 9.74. The Morgan fingerprint density at radius 2 is 1.78 bits per heavy atom. The molecule has 1 N–H and O–H groups in total. The summed E-state index contributed by atoms with van der Waals surface area (Å²) in [4.78, 5) is 34.0. The van der Waals surface area contributed by atoms with Crippen molar-refractivity contribution in [3.8, 4) is 0 Å². The molecule has 170 valence electrons. The number of nitrogens with one attached hydrogen (secondary N) is 1. The number of nitrogens with zero attached hydrogens (tertiary/aromatic N) is 3. The summed E-state index contributed by atoms with van der Waals surface area (Å²) in [6, 6.07) is 7.64. The summed E-state index contributed by atoms with van der Waals surface area (Å²) >= 11 is 0. The lowest BCUT2D eigenvalue weighted by molar-refractivity contribution is -0.160. The molecule has 1 atom stereocenters.